The van der Waals surface area contributed by atoms with Crippen molar-refractivity contribution in [3.05, 3.63) is 48.1 Å². The number of hydrogen-bond donors (Lipinski definition) is 0. The van der Waals surface area contributed by atoms with E-state index in [0.29, 0.717) is 17.7 Å². The minimum Gasteiger partial charge on any atom is -0.463 e. The molecule has 1 atom stereocenters. The van der Waals surface area contributed by atoms with Crippen molar-refractivity contribution >= 4 is 29.1 Å². The van der Waals surface area contributed by atoms with Crippen LogP contribution in [0.25, 0.3) is 5.57 Å². The lowest BCUT2D eigenvalue weighted by Crippen LogP contribution is -2.51. The van der Waals surface area contributed by atoms with Gasteiger partial charge in [-0.15, -0.1) is 0 Å². The maximum atomic E-state index is 13.2. The lowest BCUT2D eigenvalue weighted by atomic mass is 9.79. The summed E-state index contributed by atoms with van der Waals surface area (Å²) in [6.07, 6.45) is 4.71. The summed E-state index contributed by atoms with van der Waals surface area (Å²) < 4.78 is 10.8. The van der Waals surface area contributed by atoms with Gasteiger partial charge in [-0.2, -0.15) is 0 Å². The number of carbonyl (C=O) groups excluding carboxylic acids is 3. The van der Waals surface area contributed by atoms with Gasteiger partial charge in [0.05, 0.1) is 17.8 Å². The monoisotopic (exact) mass is 383 g/mol. The van der Waals surface area contributed by atoms with Crippen LogP contribution in [-0.2, 0) is 19.1 Å². The molecule has 1 aliphatic heterocycles. The predicted molar refractivity (Wildman–Crippen MR) is 106 cm³/mol. The van der Waals surface area contributed by atoms with Crippen LogP contribution in [0.15, 0.2) is 42.5 Å². The van der Waals surface area contributed by atoms with E-state index in [9.17, 15) is 14.4 Å². The number of carbonyl (C=O) groups is 3. The summed E-state index contributed by atoms with van der Waals surface area (Å²) in [5, 5.41) is 0. The average molecular weight is 383 g/mol. The van der Waals surface area contributed by atoms with E-state index < -0.39 is 23.2 Å². The van der Waals surface area contributed by atoms with Gasteiger partial charge in [0.2, 0.25) is 0 Å². The molecule has 0 aromatic heterocycles. The Morgan fingerprint density at radius 2 is 1.96 bits per heavy atom. The lowest BCUT2D eigenvalue weighted by molar-refractivity contribution is -0.137. The van der Waals surface area contributed by atoms with Crippen LogP contribution < -0.4 is 4.90 Å². The van der Waals surface area contributed by atoms with Gasteiger partial charge in [-0.05, 0) is 51.8 Å². The van der Waals surface area contributed by atoms with E-state index in [0.717, 1.165) is 5.56 Å². The highest BCUT2D eigenvalue weighted by molar-refractivity contribution is 6.10. The van der Waals surface area contributed by atoms with E-state index in [2.05, 4.69) is 0 Å². The molecular weight excluding hydrogens is 358 g/mol. The molecule has 28 heavy (non-hydrogen) atoms. The predicted octanol–water partition coefficient (Wildman–Crippen LogP) is 4.05. The maximum absolute atomic E-state index is 13.2. The Morgan fingerprint density at radius 1 is 1.25 bits per heavy atom. The number of ether oxygens (including phenoxy) is 2. The number of hydrogen-bond acceptors (Lipinski definition) is 5. The Balaban J connectivity index is 2.20. The number of fused-ring (bicyclic) bond motifs is 1. The summed E-state index contributed by atoms with van der Waals surface area (Å²) in [5.74, 6) is -0.496. The van der Waals surface area contributed by atoms with Gasteiger partial charge in [0.15, 0.2) is 5.78 Å². The van der Waals surface area contributed by atoms with Gasteiger partial charge in [0.1, 0.15) is 5.60 Å². The fraction of sp³-hybridized carbons (Fsp3) is 0.409. The molecule has 0 fully saturated rings. The molecule has 1 aromatic rings. The number of benzene rings is 1. The summed E-state index contributed by atoms with van der Waals surface area (Å²) in [6, 6.07) is 7.35. The molecule has 148 valence electrons. The fourth-order valence-electron chi connectivity index (χ4n) is 3.66. The number of ketones is 1. The highest BCUT2D eigenvalue weighted by Gasteiger charge is 2.51. The Bertz CT molecular complexity index is 877. The molecule has 6 heteroatoms. The van der Waals surface area contributed by atoms with E-state index in [1.807, 2.05) is 24.3 Å². The van der Waals surface area contributed by atoms with Crippen LogP contribution in [0.3, 0.4) is 0 Å². The van der Waals surface area contributed by atoms with Gasteiger partial charge in [0.25, 0.3) is 0 Å². The number of para-hydroxylation sites is 1. The smallest absolute Gasteiger partial charge is 0.415 e. The average Bonchev–Trinajstić information content (AvgIpc) is 2.86. The first-order chi connectivity index (χ1) is 13.2. The molecule has 1 unspecified atom stereocenters. The molecule has 0 saturated carbocycles. The molecule has 0 radical (unpaired) electrons. The summed E-state index contributed by atoms with van der Waals surface area (Å²) in [6.45, 7) is 7.39. The van der Waals surface area contributed by atoms with Crippen molar-refractivity contribution in [1.82, 2.24) is 0 Å². The molecule has 1 heterocycles. The SMILES string of the molecule is CCOC(=O)/C=C1\c2ccccc2N(C(=O)OC(C)(C)C)C12C=CC(=O)CC2. The van der Waals surface area contributed by atoms with E-state index in [-0.39, 0.29) is 18.8 Å². The van der Waals surface area contributed by atoms with Crippen molar-refractivity contribution in [2.75, 3.05) is 11.5 Å². The standard InChI is InChI=1S/C22H25NO5/c1-5-27-19(25)14-17-16-8-6-7-9-18(16)23(20(26)28-21(2,3)4)22(17)12-10-15(24)11-13-22/h6-10,12,14H,5,11,13H2,1-4H3/b17-14+. The van der Waals surface area contributed by atoms with Gasteiger partial charge in [-0.1, -0.05) is 24.3 Å². The third-order valence-electron chi connectivity index (χ3n) is 4.72. The van der Waals surface area contributed by atoms with Crippen LogP contribution in [0.5, 0.6) is 0 Å². The summed E-state index contributed by atoms with van der Waals surface area (Å²) >= 11 is 0. The van der Waals surface area contributed by atoms with Crippen LogP contribution in [0.4, 0.5) is 10.5 Å². The topological polar surface area (TPSA) is 72.9 Å². The molecule has 0 bridgehead atoms. The zero-order valence-corrected chi connectivity index (χ0v) is 16.7. The first kappa shape index (κ1) is 19.9. The highest BCUT2D eigenvalue weighted by Crippen LogP contribution is 2.51. The number of esters is 1. The van der Waals surface area contributed by atoms with Crippen molar-refractivity contribution in [3.63, 3.8) is 0 Å². The Morgan fingerprint density at radius 3 is 2.57 bits per heavy atom. The number of anilines is 1. The third-order valence-corrected chi connectivity index (χ3v) is 4.72. The van der Waals surface area contributed by atoms with Crippen LogP contribution in [0, 0.1) is 0 Å². The fourth-order valence-corrected chi connectivity index (χ4v) is 3.66. The van der Waals surface area contributed by atoms with Gasteiger partial charge in [0, 0.05) is 18.1 Å². The zero-order valence-electron chi connectivity index (χ0n) is 16.7. The number of allylic oxidation sites excluding steroid dienone is 1. The normalized spacial score (nSPS) is 22.5. The van der Waals surface area contributed by atoms with E-state index in [1.54, 1.807) is 38.7 Å². The second kappa shape index (κ2) is 7.26. The molecule has 0 saturated heterocycles. The molecule has 0 N–H and O–H groups in total. The first-order valence-electron chi connectivity index (χ1n) is 9.41. The summed E-state index contributed by atoms with van der Waals surface area (Å²) in [4.78, 5) is 38.9. The Labute approximate surface area is 164 Å². The largest absolute Gasteiger partial charge is 0.463 e. The maximum Gasteiger partial charge on any atom is 0.415 e. The van der Waals surface area contributed by atoms with Crippen LogP contribution in [0.1, 0.15) is 46.1 Å². The van der Waals surface area contributed by atoms with Crippen molar-refractivity contribution < 1.29 is 23.9 Å². The van der Waals surface area contributed by atoms with Gasteiger partial charge >= 0.3 is 12.1 Å². The molecule has 1 amide bonds. The highest BCUT2D eigenvalue weighted by atomic mass is 16.6. The lowest BCUT2D eigenvalue weighted by Gasteiger charge is -2.39. The van der Waals surface area contributed by atoms with E-state index >= 15 is 0 Å². The number of rotatable bonds is 2. The third kappa shape index (κ3) is 3.59. The quantitative estimate of drug-likeness (QED) is 0.569. The van der Waals surface area contributed by atoms with Crippen molar-refractivity contribution in [3.8, 4) is 0 Å². The van der Waals surface area contributed by atoms with Gasteiger partial charge in [-0.3, -0.25) is 9.69 Å². The molecular formula is C22H25NO5. The molecule has 1 spiro atoms. The molecule has 2 aliphatic rings. The minimum absolute atomic E-state index is 0.0128. The second-order valence-corrected chi connectivity index (χ2v) is 7.87. The zero-order chi connectivity index (χ0) is 20.5. The van der Waals surface area contributed by atoms with Gasteiger partial charge < -0.3 is 9.47 Å². The molecule has 3 rings (SSSR count). The summed E-state index contributed by atoms with van der Waals surface area (Å²) in [7, 11) is 0. The van der Waals surface area contributed by atoms with E-state index in [1.165, 1.54) is 12.2 Å². The van der Waals surface area contributed by atoms with Crippen LogP contribution >= 0.6 is 0 Å². The number of amides is 1. The van der Waals surface area contributed by atoms with Crippen molar-refractivity contribution in [1.29, 1.82) is 0 Å². The van der Waals surface area contributed by atoms with Crippen molar-refractivity contribution in [2.45, 2.75) is 51.7 Å². The molecule has 1 aliphatic carbocycles. The van der Waals surface area contributed by atoms with Crippen molar-refractivity contribution in [2.24, 2.45) is 0 Å². The minimum atomic E-state index is -0.966. The Kier molecular flexibility index (Phi) is 5.15. The van der Waals surface area contributed by atoms with Crippen LogP contribution in [0.2, 0.25) is 0 Å². The second-order valence-electron chi connectivity index (χ2n) is 7.87. The summed E-state index contributed by atoms with van der Waals surface area (Å²) in [5.41, 5.74) is 0.379. The van der Waals surface area contributed by atoms with Crippen LogP contribution in [-0.4, -0.2) is 35.6 Å². The number of nitrogens with zero attached hydrogens (tertiary/aromatic N) is 1. The Hall–Kier alpha value is -2.89. The van der Waals surface area contributed by atoms with Gasteiger partial charge in [-0.25, -0.2) is 9.59 Å². The van der Waals surface area contributed by atoms with E-state index in [4.69, 9.17) is 9.47 Å². The molecule has 6 nitrogen and oxygen atoms in total. The first-order valence-corrected chi connectivity index (χ1v) is 9.41. The molecule has 1 aromatic carbocycles.